The second-order valence-electron chi connectivity index (χ2n) is 6.42. The van der Waals surface area contributed by atoms with Crippen LogP contribution < -0.4 is 4.90 Å². The Kier molecular flexibility index (Phi) is 6.66. The average Bonchev–Trinajstić information content (AvgIpc) is 2.71. The molecule has 2 heterocycles. The van der Waals surface area contributed by atoms with Gasteiger partial charge in [0, 0.05) is 20.0 Å². The van der Waals surface area contributed by atoms with Crippen molar-refractivity contribution in [3.63, 3.8) is 0 Å². The number of piperidine rings is 1. The van der Waals surface area contributed by atoms with Gasteiger partial charge in [-0.15, -0.1) is 0 Å². The lowest BCUT2D eigenvalue weighted by molar-refractivity contribution is 0.574. The van der Waals surface area contributed by atoms with Crippen LogP contribution >= 0.6 is 23.2 Å². The highest BCUT2D eigenvalue weighted by molar-refractivity contribution is 6.42. The van der Waals surface area contributed by atoms with Gasteiger partial charge in [-0.05, 0) is 48.6 Å². The second-order valence-corrected chi connectivity index (χ2v) is 7.23. The van der Waals surface area contributed by atoms with Crippen LogP contribution in [0.5, 0.6) is 0 Å². The molecule has 1 aliphatic rings. The molecule has 0 aliphatic carbocycles. The van der Waals surface area contributed by atoms with Crippen molar-refractivity contribution in [1.29, 1.82) is 5.26 Å². The molecule has 1 aliphatic heterocycles. The molecule has 1 saturated heterocycles. The molecule has 0 saturated carbocycles. The Morgan fingerprint density at radius 3 is 2.43 bits per heavy atom. The first-order valence-electron chi connectivity index (χ1n) is 9.01. The molecule has 4 rings (SSSR count). The molecule has 2 aromatic carbocycles. The molecule has 28 heavy (non-hydrogen) atoms. The van der Waals surface area contributed by atoms with E-state index in [1.165, 1.54) is 25.7 Å². The standard InChI is InChI=1S/C19H16Cl2FN3.C2H3N/c20-14-6-4-12(10-15(14)21)13-5-7-16(22)18-17(13)19(24-11-23-18)25-8-2-1-3-9-25;1-2-3/h4-7,10-11H,1-3,8-9H2;1H3. The Balaban J connectivity index is 0.000000706. The van der Waals surface area contributed by atoms with Crippen LogP contribution in [-0.4, -0.2) is 23.1 Å². The van der Waals surface area contributed by atoms with Gasteiger partial charge in [0.1, 0.15) is 23.5 Å². The SMILES string of the molecule is CC#N.Fc1ccc(-c2ccc(Cl)c(Cl)c2)c2c(N3CCCCC3)ncnc12. The second kappa shape index (κ2) is 9.18. The van der Waals surface area contributed by atoms with Crippen LogP contribution in [0.3, 0.4) is 0 Å². The molecule has 1 aromatic heterocycles. The smallest absolute Gasteiger partial charge is 0.149 e. The number of nitriles is 1. The molecule has 0 bridgehead atoms. The van der Waals surface area contributed by atoms with Crippen molar-refractivity contribution in [3.05, 3.63) is 52.5 Å². The fourth-order valence-corrected chi connectivity index (χ4v) is 3.67. The molecule has 4 nitrogen and oxygen atoms in total. The van der Waals surface area contributed by atoms with Gasteiger partial charge in [0.25, 0.3) is 0 Å². The third kappa shape index (κ3) is 4.19. The van der Waals surface area contributed by atoms with E-state index >= 15 is 0 Å². The van der Waals surface area contributed by atoms with Gasteiger partial charge in [-0.1, -0.05) is 35.3 Å². The summed E-state index contributed by atoms with van der Waals surface area (Å²) in [7, 11) is 0. The van der Waals surface area contributed by atoms with Crippen LogP contribution in [0.1, 0.15) is 26.2 Å². The maximum absolute atomic E-state index is 14.4. The summed E-state index contributed by atoms with van der Waals surface area (Å²) in [6.07, 6.45) is 4.88. The van der Waals surface area contributed by atoms with E-state index in [0.29, 0.717) is 15.6 Å². The molecule has 0 atom stereocenters. The first-order chi connectivity index (χ1) is 13.6. The predicted molar refractivity (Wildman–Crippen MR) is 112 cm³/mol. The van der Waals surface area contributed by atoms with E-state index in [2.05, 4.69) is 14.9 Å². The summed E-state index contributed by atoms with van der Waals surface area (Å²) in [5.74, 6) is 0.435. The average molecular weight is 417 g/mol. The highest BCUT2D eigenvalue weighted by Gasteiger charge is 2.20. The van der Waals surface area contributed by atoms with Gasteiger partial charge in [0.05, 0.1) is 21.5 Å². The minimum Gasteiger partial charge on any atom is -0.356 e. The third-order valence-electron chi connectivity index (χ3n) is 4.61. The van der Waals surface area contributed by atoms with E-state index in [9.17, 15) is 4.39 Å². The van der Waals surface area contributed by atoms with Gasteiger partial charge in [0.2, 0.25) is 0 Å². The summed E-state index contributed by atoms with van der Waals surface area (Å²) in [6.45, 7) is 3.27. The molecule has 0 N–H and O–H groups in total. The Morgan fingerprint density at radius 1 is 1.04 bits per heavy atom. The summed E-state index contributed by atoms with van der Waals surface area (Å²) < 4.78 is 14.4. The number of aromatic nitrogens is 2. The number of hydrogen-bond acceptors (Lipinski definition) is 4. The Morgan fingerprint density at radius 2 is 1.75 bits per heavy atom. The molecule has 0 unspecified atom stereocenters. The minimum atomic E-state index is -0.348. The summed E-state index contributed by atoms with van der Waals surface area (Å²) in [4.78, 5) is 10.9. The molecular weight excluding hydrogens is 398 g/mol. The van der Waals surface area contributed by atoms with Crippen LogP contribution in [0.25, 0.3) is 22.0 Å². The quantitative estimate of drug-likeness (QED) is 0.494. The lowest BCUT2D eigenvalue weighted by atomic mass is 9.99. The van der Waals surface area contributed by atoms with Gasteiger partial charge in [-0.2, -0.15) is 5.26 Å². The van der Waals surface area contributed by atoms with Crippen molar-refractivity contribution in [1.82, 2.24) is 9.97 Å². The summed E-state index contributed by atoms with van der Waals surface area (Å²) in [5, 5.41) is 9.00. The molecule has 0 spiro atoms. The zero-order valence-corrected chi connectivity index (χ0v) is 16.9. The number of halogens is 3. The van der Waals surface area contributed by atoms with Gasteiger partial charge in [-0.25, -0.2) is 14.4 Å². The van der Waals surface area contributed by atoms with Crippen molar-refractivity contribution >= 4 is 39.9 Å². The van der Waals surface area contributed by atoms with Gasteiger partial charge in [-0.3, -0.25) is 0 Å². The number of rotatable bonds is 2. The molecule has 144 valence electrons. The van der Waals surface area contributed by atoms with Crippen LogP contribution in [-0.2, 0) is 0 Å². The van der Waals surface area contributed by atoms with Gasteiger partial charge < -0.3 is 4.90 Å². The van der Waals surface area contributed by atoms with E-state index < -0.39 is 0 Å². The minimum absolute atomic E-state index is 0.333. The normalized spacial score (nSPS) is 13.6. The van der Waals surface area contributed by atoms with E-state index in [1.807, 2.05) is 6.07 Å². The van der Waals surface area contributed by atoms with E-state index in [0.717, 1.165) is 48.3 Å². The Bertz CT molecular complexity index is 1030. The van der Waals surface area contributed by atoms with Gasteiger partial charge >= 0.3 is 0 Å². The zero-order chi connectivity index (χ0) is 20.1. The number of nitrogens with zero attached hydrogens (tertiary/aromatic N) is 4. The maximum Gasteiger partial charge on any atom is 0.149 e. The number of fused-ring (bicyclic) bond motifs is 1. The monoisotopic (exact) mass is 416 g/mol. The summed E-state index contributed by atoms with van der Waals surface area (Å²) >= 11 is 12.2. The fourth-order valence-electron chi connectivity index (χ4n) is 3.37. The van der Waals surface area contributed by atoms with Crippen LogP contribution in [0.2, 0.25) is 10.0 Å². The zero-order valence-electron chi connectivity index (χ0n) is 15.4. The van der Waals surface area contributed by atoms with Crippen molar-refractivity contribution in [2.45, 2.75) is 26.2 Å². The topological polar surface area (TPSA) is 52.8 Å². The van der Waals surface area contributed by atoms with Crippen LogP contribution in [0, 0.1) is 17.1 Å². The predicted octanol–water partition coefficient (Wildman–Crippen LogP) is 6.26. The first-order valence-corrected chi connectivity index (χ1v) is 9.76. The van der Waals surface area contributed by atoms with Crippen molar-refractivity contribution in [2.75, 3.05) is 18.0 Å². The van der Waals surface area contributed by atoms with Crippen molar-refractivity contribution < 1.29 is 4.39 Å². The largest absolute Gasteiger partial charge is 0.356 e. The molecule has 0 amide bonds. The molecule has 3 aromatic rings. The molecular formula is C21H19Cl2FN4. The number of hydrogen-bond donors (Lipinski definition) is 0. The first kappa shape index (κ1) is 20.3. The maximum atomic E-state index is 14.4. The lowest BCUT2D eigenvalue weighted by Crippen LogP contribution is -2.30. The Hall–Kier alpha value is -2.42. The molecule has 0 radical (unpaired) electrons. The van der Waals surface area contributed by atoms with Crippen LogP contribution in [0.15, 0.2) is 36.7 Å². The van der Waals surface area contributed by atoms with E-state index in [1.54, 1.807) is 24.3 Å². The molecule has 7 heteroatoms. The summed E-state index contributed by atoms with van der Waals surface area (Å²) in [5.41, 5.74) is 2.06. The fraction of sp³-hybridized carbons (Fsp3) is 0.286. The number of benzene rings is 2. The lowest BCUT2D eigenvalue weighted by Gasteiger charge is -2.29. The van der Waals surface area contributed by atoms with E-state index in [4.69, 9.17) is 28.5 Å². The Labute approximate surface area is 173 Å². The number of anilines is 1. The van der Waals surface area contributed by atoms with Crippen molar-refractivity contribution in [2.24, 2.45) is 0 Å². The third-order valence-corrected chi connectivity index (χ3v) is 5.34. The highest BCUT2D eigenvalue weighted by Crippen LogP contribution is 2.37. The van der Waals surface area contributed by atoms with Crippen molar-refractivity contribution in [3.8, 4) is 17.2 Å². The highest BCUT2D eigenvalue weighted by atomic mass is 35.5. The molecule has 1 fully saturated rings. The van der Waals surface area contributed by atoms with Crippen LogP contribution in [0.4, 0.5) is 10.2 Å². The van der Waals surface area contributed by atoms with E-state index in [-0.39, 0.29) is 5.82 Å². The van der Waals surface area contributed by atoms with Gasteiger partial charge in [0.15, 0.2) is 0 Å². The summed E-state index contributed by atoms with van der Waals surface area (Å²) in [6, 6.07) is 10.4.